The molecular formula is C18H22N2O4S2. The number of hydrogen-bond donors (Lipinski definition) is 1. The fourth-order valence-corrected chi connectivity index (χ4v) is 5.02. The van der Waals surface area contributed by atoms with E-state index < -0.39 is 9.84 Å². The maximum absolute atomic E-state index is 11.9. The summed E-state index contributed by atoms with van der Waals surface area (Å²) in [5.74, 6) is 1.83. The second-order valence-corrected chi connectivity index (χ2v) is 8.77. The fraction of sp³-hybridized carbons (Fsp3) is 0.389. The molecule has 26 heavy (non-hydrogen) atoms. The van der Waals surface area contributed by atoms with Crippen LogP contribution < -0.4 is 10.1 Å². The van der Waals surface area contributed by atoms with Crippen LogP contribution in [0.5, 0.6) is 5.75 Å². The molecule has 140 valence electrons. The number of anilines is 1. The van der Waals surface area contributed by atoms with Gasteiger partial charge in [-0.2, -0.15) is 0 Å². The van der Waals surface area contributed by atoms with Gasteiger partial charge >= 0.3 is 0 Å². The van der Waals surface area contributed by atoms with E-state index in [1.54, 1.807) is 6.26 Å². The van der Waals surface area contributed by atoms with Crippen molar-refractivity contribution in [2.24, 2.45) is 0 Å². The van der Waals surface area contributed by atoms with Crippen molar-refractivity contribution in [2.75, 3.05) is 23.4 Å². The second kappa shape index (κ2) is 8.09. The molecular weight excluding hydrogens is 372 g/mol. The molecule has 3 rings (SSSR count). The van der Waals surface area contributed by atoms with E-state index in [-0.39, 0.29) is 17.5 Å². The van der Waals surface area contributed by atoms with Gasteiger partial charge in [-0.3, -0.25) is 0 Å². The molecule has 0 radical (unpaired) electrons. The lowest BCUT2D eigenvalue weighted by molar-refractivity contribution is 0.302. The third-order valence-corrected chi connectivity index (χ3v) is 6.32. The van der Waals surface area contributed by atoms with E-state index in [0.29, 0.717) is 24.7 Å². The van der Waals surface area contributed by atoms with Crippen LogP contribution in [0.1, 0.15) is 19.1 Å². The Labute approximate surface area is 159 Å². The lowest BCUT2D eigenvalue weighted by atomic mass is 10.2. The summed E-state index contributed by atoms with van der Waals surface area (Å²) in [6.07, 6.45) is 2.16. The van der Waals surface area contributed by atoms with Gasteiger partial charge in [0, 0.05) is 11.7 Å². The Hall–Kier alpha value is -2.06. The summed E-state index contributed by atoms with van der Waals surface area (Å²) in [6, 6.07) is 11.0. The van der Waals surface area contributed by atoms with Gasteiger partial charge in [-0.05, 0) is 62.0 Å². The molecule has 0 spiro atoms. The third-order valence-electron chi connectivity index (χ3n) is 4.23. The number of ether oxygens (including phenoxy) is 1. The molecule has 2 heterocycles. The van der Waals surface area contributed by atoms with Crippen molar-refractivity contribution >= 4 is 32.9 Å². The lowest BCUT2D eigenvalue weighted by Crippen LogP contribution is -2.42. The molecule has 6 nitrogen and oxygen atoms in total. The predicted molar refractivity (Wildman–Crippen MR) is 105 cm³/mol. The van der Waals surface area contributed by atoms with Gasteiger partial charge in [-0.25, -0.2) is 8.42 Å². The van der Waals surface area contributed by atoms with Crippen LogP contribution in [0.4, 0.5) is 5.69 Å². The van der Waals surface area contributed by atoms with Crippen LogP contribution in [-0.2, 0) is 16.4 Å². The molecule has 0 unspecified atom stereocenters. The maximum Gasteiger partial charge on any atom is 0.174 e. The molecule has 1 aliphatic heterocycles. The zero-order chi connectivity index (χ0) is 18.6. The summed E-state index contributed by atoms with van der Waals surface area (Å²) in [6.45, 7) is 2.97. The first-order valence-electron chi connectivity index (χ1n) is 8.50. The number of furan rings is 1. The van der Waals surface area contributed by atoms with Crippen molar-refractivity contribution in [3.05, 3.63) is 48.4 Å². The Morgan fingerprint density at radius 1 is 1.35 bits per heavy atom. The molecule has 1 aromatic heterocycles. The molecule has 1 fully saturated rings. The molecule has 2 aromatic rings. The van der Waals surface area contributed by atoms with Crippen molar-refractivity contribution in [1.82, 2.24) is 4.90 Å². The highest BCUT2D eigenvalue weighted by atomic mass is 32.2. The zero-order valence-electron chi connectivity index (χ0n) is 14.6. The van der Waals surface area contributed by atoms with E-state index in [1.807, 2.05) is 48.2 Å². The molecule has 1 N–H and O–H groups in total. The highest BCUT2D eigenvalue weighted by molar-refractivity contribution is 7.91. The average molecular weight is 395 g/mol. The van der Waals surface area contributed by atoms with Crippen molar-refractivity contribution in [3.63, 3.8) is 0 Å². The molecule has 8 heteroatoms. The standard InChI is InChI=1S/C18H22N2O4S2/c1-2-23-16-7-5-14(6-8-16)19-18(25)20(12-17-4-3-10-24-17)15-9-11-26(21,22)13-15/h3-8,10,15H,2,9,11-13H2,1H3,(H,19,25)/t15-/m0/s1. The van der Waals surface area contributed by atoms with Crippen LogP contribution in [0.2, 0.25) is 0 Å². The number of sulfone groups is 1. The minimum atomic E-state index is -3.01. The number of nitrogens with zero attached hydrogens (tertiary/aromatic N) is 1. The highest BCUT2D eigenvalue weighted by Crippen LogP contribution is 2.22. The largest absolute Gasteiger partial charge is 0.494 e. The normalized spacial score (nSPS) is 18.4. The summed E-state index contributed by atoms with van der Waals surface area (Å²) in [7, 11) is -3.01. The minimum Gasteiger partial charge on any atom is -0.494 e. The van der Waals surface area contributed by atoms with Gasteiger partial charge in [0.15, 0.2) is 14.9 Å². The van der Waals surface area contributed by atoms with Gasteiger partial charge in [0.25, 0.3) is 0 Å². The highest BCUT2D eigenvalue weighted by Gasteiger charge is 2.34. The molecule has 0 saturated carbocycles. The van der Waals surface area contributed by atoms with Gasteiger partial charge < -0.3 is 19.4 Å². The Morgan fingerprint density at radius 3 is 2.69 bits per heavy atom. The Morgan fingerprint density at radius 2 is 2.12 bits per heavy atom. The average Bonchev–Trinajstić information content (AvgIpc) is 3.23. The van der Waals surface area contributed by atoms with Crippen LogP contribution in [-0.4, -0.2) is 42.6 Å². The van der Waals surface area contributed by atoms with Crippen molar-refractivity contribution in [1.29, 1.82) is 0 Å². The Balaban J connectivity index is 1.73. The number of rotatable bonds is 6. The van der Waals surface area contributed by atoms with Gasteiger partial charge in [-0.15, -0.1) is 0 Å². The molecule has 0 aliphatic carbocycles. The van der Waals surface area contributed by atoms with Crippen LogP contribution in [0.3, 0.4) is 0 Å². The Kier molecular flexibility index (Phi) is 5.83. The number of benzene rings is 1. The molecule has 1 saturated heterocycles. The summed E-state index contributed by atoms with van der Waals surface area (Å²) in [4.78, 5) is 1.90. The van der Waals surface area contributed by atoms with E-state index >= 15 is 0 Å². The lowest BCUT2D eigenvalue weighted by Gasteiger charge is -2.30. The molecule has 1 aliphatic rings. The fourth-order valence-electron chi connectivity index (χ4n) is 2.95. The van der Waals surface area contributed by atoms with Crippen LogP contribution in [0, 0.1) is 0 Å². The van der Waals surface area contributed by atoms with Gasteiger partial charge in [0.2, 0.25) is 0 Å². The quantitative estimate of drug-likeness (QED) is 0.755. The van der Waals surface area contributed by atoms with Gasteiger partial charge in [-0.1, -0.05) is 0 Å². The second-order valence-electron chi connectivity index (χ2n) is 6.15. The first kappa shape index (κ1) is 18.7. The summed E-state index contributed by atoms with van der Waals surface area (Å²) < 4.78 is 34.7. The zero-order valence-corrected chi connectivity index (χ0v) is 16.2. The van der Waals surface area contributed by atoms with Crippen molar-refractivity contribution < 1.29 is 17.6 Å². The van der Waals surface area contributed by atoms with E-state index in [2.05, 4.69) is 5.32 Å². The van der Waals surface area contributed by atoms with E-state index in [1.165, 1.54) is 0 Å². The summed E-state index contributed by atoms with van der Waals surface area (Å²) in [5, 5.41) is 3.67. The Bertz CT molecular complexity index is 833. The van der Waals surface area contributed by atoms with E-state index in [0.717, 1.165) is 17.2 Å². The van der Waals surface area contributed by atoms with Gasteiger partial charge in [0.05, 0.1) is 30.9 Å². The third kappa shape index (κ3) is 4.76. The molecule has 1 aromatic carbocycles. The number of hydrogen-bond acceptors (Lipinski definition) is 5. The molecule has 0 amide bonds. The van der Waals surface area contributed by atoms with Crippen LogP contribution in [0.25, 0.3) is 0 Å². The smallest absolute Gasteiger partial charge is 0.174 e. The number of nitrogens with one attached hydrogen (secondary N) is 1. The minimum absolute atomic E-state index is 0.110. The van der Waals surface area contributed by atoms with E-state index in [4.69, 9.17) is 21.4 Å². The SMILES string of the molecule is CCOc1ccc(NC(=S)N(Cc2ccco2)[C@H]2CCS(=O)(=O)C2)cc1. The summed E-state index contributed by atoms with van der Waals surface area (Å²) in [5.41, 5.74) is 0.823. The topological polar surface area (TPSA) is 71.8 Å². The van der Waals surface area contributed by atoms with Crippen LogP contribution in [0.15, 0.2) is 47.1 Å². The summed E-state index contributed by atoms with van der Waals surface area (Å²) >= 11 is 5.57. The van der Waals surface area contributed by atoms with Crippen LogP contribution >= 0.6 is 12.2 Å². The first-order valence-corrected chi connectivity index (χ1v) is 10.7. The van der Waals surface area contributed by atoms with Gasteiger partial charge in [0.1, 0.15) is 11.5 Å². The van der Waals surface area contributed by atoms with Crippen molar-refractivity contribution in [3.8, 4) is 5.75 Å². The maximum atomic E-state index is 11.9. The monoisotopic (exact) mass is 394 g/mol. The number of thiocarbonyl (C=S) groups is 1. The molecule has 1 atom stereocenters. The first-order chi connectivity index (χ1) is 12.5. The van der Waals surface area contributed by atoms with Crippen molar-refractivity contribution in [2.45, 2.75) is 25.9 Å². The van der Waals surface area contributed by atoms with E-state index in [9.17, 15) is 8.42 Å². The molecule has 0 bridgehead atoms. The predicted octanol–water partition coefficient (Wildman–Crippen LogP) is 3.06.